The molecule has 1 heterocycles. The molecule has 0 aliphatic heterocycles. The van der Waals surface area contributed by atoms with Crippen molar-refractivity contribution >= 4 is 0 Å². The third-order valence-corrected chi connectivity index (χ3v) is 2.68. The molecular weight excluding hydrogens is 166 g/mol. The summed E-state index contributed by atoms with van der Waals surface area (Å²) in [4.78, 5) is 4.18. The number of rotatable bonds is 2. The average Bonchev–Trinajstić information content (AvgIpc) is 2.67. The van der Waals surface area contributed by atoms with E-state index in [2.05, 4.69) is 4.98 Å². The van der Waals surface area contributed by atoms with Crippen molar-refractivity contribution in [2.45, 2.75) is 44.6 Å². The minimum absolute atomic E-state index is 0.0419. The zero-order chi connectivity index (χ0) is 9.10. The predicted molar refractivity (Wildman–Crippen MR) is 48.3 cm³/mol. The second-order valence-electron chi connectivity index (χ2n) is 3.66. The molecule has 1 aromatic rings. The SMILES string of the molecule is OCc1cnc(C2CCCCC2)o1. The van der Waals surface area contributed by atoms with Gasteiger partial charge in [-0.3, -0.25) is 0 Å². The lowest BCUT2D eigenvalue weighted by Gasteiger charge is -2.17. The molecule has 1 N–H and O–H groups in total. The van der Waals surface area contributed by atoms with Crippen molar-refractivity contribution in [3.63, 3.8) is 0 Å². The predicted octanol–water partition coefficient (Wildman–Crippen LogP) is 2.21. The van der Waals surface area contributed by atoms with Crippen molar-refractivity contribution in [3.8, 4) is 0 Å². The lowest BCUT2D eigenvalue weighted by molar-refractivity contribution is 0.237. The highest BCUT2D eigenvalue weighted by Crippen LogP contribution is 2.31. The van der Waals surface area contributed by atoms with Gasteiger partial charge in [0.1, 0.15) is 12.4 Å². The van der Waals surface area contributed by atoms with E-state index in [1.807, 2.05) is 0 Å². The summed E-state index contributed by atoms with van der Waals surface area (Å²) in [5.41, 5.74) is 0. The van der Waals surface area contributed by atoms with Crippen molar-refractivity contribution in [2.24, 2.45) is 0 Å². The van der Waals surface area contributed by atoms with Crippen LogP contribution in [-0.2, 0) is 6.61 Å². The van der Waals surface area contributed by atoms with Crippen LogP contribution in [0.3, 0.4) is 0 Å². The van der Waals surface area contributed by atoms with Gasteiger partial charge in [0, 0.05) is 5.92 Å². The second kappa shape index (κ2) is 3.92. The topological polar surface area (TPSA) is 46.3 Å². The van der Waals surface area contributed by atoms with Gasteiger partial charge in [-0.25, -0.2) is 4.98 Å². The van der Waals surface area contributed by atoms with Gasteiger partial charge in [0.25, 0.3) is 0 Å². The number of aliphatic hydroxyl groups excluding tert-OH is 1. The van der Waals surface area contributed by atoms with E-state index < -0.39 is 0 Å². The van der Waals surface area contributed by atoms with Crippen LogP contribution in [0.4, 0.5) is 0 Å². The molecule has 0 atom stereocenters. The molecule has 1 fully saturated rings. The van der Waals surface area contributed by atoms with E-state index in [0.717, 1.165) is 5.89 Å². The molecule has 0 spiro atoms. The minimum Gasteiger partial charge on any atom is -0.443 e. The van der Waals surface area contributed by atoms with Crippen molar-refractivity contribution in [3.05, 3.63) is 17.8 Å². The van der Waals surface area contributed by atoms with Gasteiger partial charge < -0.3 is 9.52 Å². The van der Waals surface area contributed by atoms with Gasteiger partial charge in [0.15, 0.2) is 5.89 Å². The van der Waals surface area contributed by atoms with Crippen LogP contribution in [0.5, 0.6) is 0 Å². The Morgan fingerprint density at radius 2 is 2.15 bits per heavy atom. The second-order valence-corrected chi connectivity index (χ2v) is 3.66. The molecule has 3 nitrogen and oxygen atoms in total. The van der Waals surface area contributed by atoms with E-state index in [1.165, 1.54) is 32.1 Å². The van der Waals surface area contributed by atoms with E-state index >= 15 is 0 Å². The Balaban J connectivity index is 2.05. The molecular formula is C10H15NO2. The third-order valence-electron chi connectivity index (χ3n) is 2.68. The zero-order valence-electron chi connectivity index (χ0n) is 7.70. The minimum atomic E-state index is -0.0419. The van der Waals surface area contributed by atoms with Crippen molar-refractivity contribution in [1.29, 1.82) is 0 Å². The molecule has 1 aliphatic carbocycles. The smallest absolute Gasteiger partial charge is 0.197 e. The molecule has 0 aromatic carbocycles. The Labute approximate surface area is 77.8 Å². The normalized spacial score (nSPS) is 19.2. The lowest BCUT2D eigenvalue weighted by atomic mass is 9.89. The van der Waals surface area contributed by atoms with Crippen LogP contribution < -0.4 is 0 Å². The molecule has 0 radical (unpaired) electrons. The number of aromatic nitrogens is 1. The van der Waals surface area contributed by atoms with Crippen LogP contribution in [0.25, 0.3) is 0 Å². The molecule has 13 heavy (non-hydrogen) atoms. The lowest BCUT2D eigenvalue weighted by Crippen LogP contribution is -2.04. The van der Waals surface area contributed by atoms with Crippen LogP contribution in [0.2, 0.25) is 0 Å². The van der Waals surface area contributed by atoms with Crippen molar-refractivity contribution < 1.29 is 9.52 Å². The van der Waals surface area contributed by atoms with Gasteiger partial charge in [-0.1, -0.05) is 19.3 Å². The van der Waals surface area contributed by atoms with Gasteiger partial charge in [0.2, 0.25) is 0 Å². The van der Waals surface area contributed by atoms with E-state index in [9.17, 15) is 0 Å². The molecule has 72 valence electrons. The van der Waals surface area contributed by atoms with E-state index in [4.69, 9.17) is 9.52 Å². The summed E-state index contributed by atoms with van der Waals surface area (Å²) in [7, 11) is 0. The molecule has 0 unspecified atom stereocenters. The number of aliphatic hydroxyl groups is 1. The van der Waals surface area contributed by atoms with Gasteiger partial charge in [-0.2, -0.15) is 0 Å². The highest BCUT2D eigenvalue weighted by atomic mass is 16.4. The van der Waals surface area contributed by atoms with Crippen LogP contribution in [0.1, 0.15) is 49.7 Å². The summed E-state index contributed by atoms with van der Waals surface area (Å²) in [5.74, 6) is 1.90. The fraction of sp³-hybridized carbons (Fsp3) is 0.700. The first kappa shape index (κ1) is 8.75. The van der Waals surface area contributed by atoms with E-state index in [0.29, 0.717) is 11.7 Å². The molecule has 0 saturated heterocycles. The van der Waals surface area contributed by atoms with E-state index in [-0.39, 0.29) is 6.61 Å². The highest BCUT2D eigenvalue weighted by molar-refractivity contribution is 4.98. The number of hydrogen-bond donors (Lipinski definition) is 1. The number of oxazole rings is 1. The highest BCUT2D eigenvalue weighted by Gasteiger charge is 2.19. The van der Waals surface area contributed by atoms with Crippen LogP contribution in [0.15, 0.2) is 10.6 Å². The quantitative estimate of drug-likeness (QED) is 0.760. The maximum absolute atomic E-state index is 8.82. The summed E-state index contributed by atoms with van der Waals surface area (Å²) in [6.45, 7) is -0.0419. The maximum Gasteiger partial charge on any atom is 0.197 e. The van der Waals surface area contributed by atoms with Crippen LogP contribution in [0, 0.1) is 0 Å². The summed E-state index contributed by atoms with van der Waals surface area (Å²) >= 11 is 0. The third kappa shape index (κ3) is 1.91. The monoisotopic (exact) mass is 181 g/mol. The Hall–Kier alpha value is -0.830. The number of hydrogen-bond acceptors (Lipinski definition) is 3. The zero-order valence-corrected chi connectivity index (χ0v) is 7.70. The fourth-order valence-electron chi connectivity index (χ4n) is 1.93. The molecule has 1 saturated carbocycles. The van der Waals surface area contributed by atoms with Gasteiger partial charge in [0.05, 0.1) is 6.20 Å². The molecule has 1 aromatic heterocycles. The molecule has 1 aliphatic rings. The largest absolute Gasteiger partial charge is 0.443 e. The first-order valence-electron chi connectivity index (χ1n) is 4.95. The molecule has 0 bridgehead atoms. The van der Waals surface area contributed by atoms with Crippen LogP contribution in [-0.4, -0.2) is 10.1 Å². The Kier molecular flexibility index (Phi) is 2.64. The average molecular weight is 181 g/mol. The molecule has 0 amide bonds. The molecule has 3 heteroatoms. The summed E-state index contributed by atoms with van der Waals surface area (Å²) in [6, 6.07) is 0. The standard InChI is InChI=1S/C10H15NO2/c12-7-9-6-11-10(13-9)8-4-2-1-3-5-8/h6,8,12H,1-5,7H2. The summed E-state index contributed by atoms with van der Waals surface area (Å²) in [6.07, 6.45) is 7.90. The fourth-order valence-corrected chi connectivity index (χ4v) is 1.93. The Bertz CT molecular complexity index is 264. The maximum atomic E-state index is 8.82. The van der Waals surface area contributed by atoms with Gasteiger partial charge in [-0.05, 0) is 12.8 Å². The first-order chi connectivity index (χ1) is 6.40. The summed E-state index contributed by atoms with van der Waals surface area (Å²) in [5, 5.41) is 8.82. The first-order valence-corrected chi connectivity index (χ1v) is 4.95. The van der Waals surface area contributed by atoms with Crippen LogP contribution >= 0.6 is 0 Å². The Morgan fingerprint density at radius 1 is 1.38 bits per heavy atom. The van der Waals surface area contributed by atoms with Crippen molar-refractivity contribution in [1.82, 2.24) is 4.98 Å². The van der Waals surface area contributed by atoms with E-state index in [1.54, 1.807) is 6.20 Å². The number of nitrogens with zero attached hydrogens (tertiary/aromatic N) is 1. The van der Waals surface area contributed by atoms with Gasteiger partial charge in [-0.15, -0.1) is 0 Å². The van der Waals surface area contributed by atoms with Gasteiger partial charge >= 0.3 is 0 Å². The van der Waals surface area contributed by atoms with Crippen molar-refractivity contribution in [2.75, 3.05) is 0 Å². The summed E-state index contributed by atoms with van der Waals surface area (Å²) < 4.78 is 5.41. The Morgan fingerprint density at radius 3 is 2.77 bits per heavy atom. The molecule has 2 rings (SSSR count).